The van der Waals surface area contributed by atoms with Crippen molar-refractivity contribution < 1.29 is 14.3 Å². The molecule has 1 atom stereocenters. The molecule has 0 aromatic carbocycles. The summed E-state index contributed by atoms with van der Waals surface area (Å²) in [6, 6.07) is 0. The number of allylic oxidation sites excluding steroid dienone is 1. The Bertz CT molecular complexity index is 691. The second kappa shape index (κ2) is 13.1. The number of aliphatic carboxylic acids is 1. The molecule has 0 spiro atoms. The van der Waals surface area contributed by atoms with Crippen molar-refractivity contribution in [1.29, 1.82) is 5.41 Å². The Morgan fingerprint density at radius 2 is 2.03 bits per heavy atom. The first-order valence-corrected chi connectivity index (χ1v) is 11.3. The van der Waals surface area contributed by atoms with Crippen molar-refractivity contribution in [1.82, 2.24) is 25.6 Å². The number of amidine groups is 1. The normalized spacial score (nSPS) is 16.8. The highest BCUT2D eigenvalue weighted by atomic mass is 32.2. The molecule has 0 bridgehead atoms. The first-order valence-electron chi connectivity index (χ1n) is 10.4. The minimum Gasteiger partial charge on any atom is -0.481 e. The van der Waals surface area contributed by atoms with Crippen molar-refractivity contribution in [2.24, 2.45) is 10.9 Å². The van der Waals surface area contributed by atoms with E-state index in [2.05, 4.69) is 22.3 Å². The number of nitrogens with zero attached hydrogens (tertiary/aromatic N) is 4. The van der Waals surface area contributed by atoms with Gasteiger partial charge in [0.15, 0.2) is 5.17 Å². The van der Waals surface area contributed by atoms with Crippen molar-refractivity contribution in [2.75, 3.05) is 33.7 Å². The number of alkyl halides is 1. The summed E-state index contributed by atoms with van der Waals surface area (Å²) in [5, 5.41) is 22.6. The number of halogens is 1. The van der Waals surface area contributed by atoms with Gasteiger partial charge in [0.1, 0.15) is 11.3 Å². The summed E-state index contributed by atoms with van der Waals surface area (Å²) < 4.78 is 13.4. The third-order valence-electron chi connectivity index (χ3n) is 4.83. The Morgan fingerprint density at radius 3 is 2.48 bits per heavy atom. The Hall–Kier alpha value is -2.43. The van der Waals surface area contributed by atoms with Crippen LogP contribution in [0.2, 0.25) is 0 Å². The minimum absolute atomic E-state index is 0.0945. The molecule has 1 aliphatic heterocycles. The zero-order valence-corrected chi connectivity index (χ0v) is 19.9. The molecule has 4 N–H and O–H groups in total. The van der Waals surface area contributed by atoms with Crippen LogP contribution in [0.3, 0.4) is 0 Å². The van der Waals surface area contributed by atoms with Gasteiger partial charge in [-0.15, -0.1) is 0 Å². The second-order valence-corrected chi connectivity index (χ2v) is 8.39. The summed E-state index contributed by atoms with van der Waals surface area (Å²) in [7, 11) is 3.55. The third-order valence-corrected chi connectivity index (χ3v) is 5.66. The van der Waals surface area contributed by atoms with E-state index < -0.39 is 11.5 Å². The highest BCUT2D eigenvalue weighted by Crippen LogP contribution is 2.20. The van der Waals surface area contributed by atoms with Gasteiger partial charge >= 0.3 is 5.97 Å². The van der Waals surface area contributed by atoms with Gasteiger partial charge in [0.2, 0.25) is 5.96 Å². The van der Waals surface area contributed by atoms with Crippen molar-refractivity contribution >= 4 is 28.9 Å². The molecular weight excluding hydrogens is 421 g/mol. The van der Waals surface area contributed by atoms with Crippen LogP contribution in [-0.4, -0.2) is 76.2 Å². The molecule has 0 saturated carbocycles. The van der Waals surface area contributed by atoms with Crippen molar-refractivity contribution in [3.63, 3.8) is 0 Å². The molecule has 1 saturated heterocycles. The first-order chi connectivity index (χ1) is 14.7. The van der Waals surface area contributed by atoms with Crippen LogP contribution < -0.4 is 10.7 Å². The highest BCUT2D eigenvalue weighted by molar-refractivity contribution is 8.14. The number of likely N-dealkylation sites (tertiary alicyclic amines) is 1. The molecule has 0 aromatic rings. The third kappa shape index (κ3) is 7.97. The van der Waals surface area contributed by atoms with Gasteiger partial charge in [0.05, 0.1) is 11.6 Å². The molecule has 1 heterocycles. The monoisotopic (exact) mass is 457 g/mol. The quantitative estimate of drug-likeness (QED) is 0.238. The van der Waals surface area contributed by atoms with Crippen LogP contribution in [0.15, 0.2) is 29.3 Å². The maximum Gasteiger partial charge on any atom is 0.306 e. The maximum atomic E-state index is 13.4. The SMILES string of the molecule is C=C/N=C(/N1CCC(C(=O)O)CC1)N(C)N/C(CC)=C(\NCC)N(C)C(=N)SC(C)F. The lowest BCUT2D eigenvalue weighted by molar-refractivity contribution is -0.143. The van der Waals surface area contributed by atoms with Crippen LogP contribution in [0.1, 0.15) is 40.0 Å². The lowest BCUT2D eigenvalue weighted by Crippen LogP contribution is -2.52. The van der Waals surface area contributed by atoms with Crippen LogP contribution >= 0.6 is 11.8 Å². The summed E-state index contributed by atoms with van der Waals surface area (Å²) >= 11 is 0.837. The minimum atomic E-state index is -1.18. The summed E-state index contributed by atoms with van der Waals surface area (Å²) in [4.78, 5) is 19.3. The lowest BCUT2D eigenvalue weighted by atomic mass is 9.97. The Morgan fingerprint density at radius 1 is 1.42 bits per heavy atom. The van der Waals surface area contributed by atoms with E-state index in [1.807, 2.05) is 25.8 Å². The average Bonchev–Trinajstić information content (AvgIpc) is 2.73. The van der Waals surface area contributed by atoms with E-state index in [1.165, 1.54) is 13.1 Å². The van der Waals surface area contributed by atoms with Gasteiger partial charge in [-0.05, 0) is 33.1 Å². The van der Waals surface area contributed by atoms with Gasteiger partial charge in [-0.3, -0.25) is 20.6 Å². The molecule has 0 aliphatic carbocycles. The number of carbonyl (C=O) groups is 1. The van der Waals surface area contributed by atoms with Crippen molar-refractivity contribution in [3.05, 3.63) is 24.3 Å². The van der Waals surface area contributed by atoms with E-state index in [1.54, 1.807) is 17.0 Å². The van der Waals surface area contributed by atoms with E-state index in [0.29, 0.717) is 50.7 Å². The average molecular weight is 458 g/mol. The second-order valence-electron chi connectivity index (χ2n) is 7.12. The summed E-state index contributed by atoms with van der Waals surface area (Å²) in [5.41, 5.74) is 2.95. The van der Waals surface area contributed by atoms with E-state index in [0.717, 1.165) is 17.5 Å². The van der Waals surface area contributed by atoms with Gasteiger partial charge in [-0.1, -0.05) is 25.3 Å². The predicted molar refractivity (Wildman–Crippen MR) is 125 cm³/mol. The van der Waals surface area contributed by atoms with Gasteiger partial charge < -0.3 is 20.2 Å². The van der Waals surface area contributed by atoms with E-state index in [-0.39, 0.29) is 11.1 Å². The number of hydrogen-bond acceptors (Lipinski definition) is 6. The smallest absolute Gasteiger partial charge is 0.306 e. The largest absolute Gasteiger partial charge is 0.481 e. The fraction of sp³-hybridized carbons (Fsp3) is 0.650. The molecular formula is C20H36FN7O2S. The molecule has 9 nitrogen and oxygen atoms in total. The van der Waals surface area contributed by atoms with E-state index in [9.17, 15) is 14.3 Å². The standard InChI is InChI=1S/C20H36FN7O2S/c1-7-16(17(23-8-2)26(5)19(22)31-14(4)21)25-27(6)20(24-9-3)28-12-10-15(11-13-28)18(29)30/h9,14-15,22-23,25H,3,7-8,10-13H2,1-2,4-6H3,(H,29,30)/b17-16+,22-19?,24-20+. The fourth-order valence-corrected chi connectivity index (χ4v) is 3.83. The van der Waals surface area contributed by atoms with Crippen LogP contribution in [-0.2, 0) is 4.79 Å². The number of nitrogens with one attached hydrogen (secondary N) is 3. The van der Waals surface area contributed by atoms with Crippen molar-refractivity contribution in [2.45, 2.75) is 45.5 Å². The molecule has 1 aliphatic rings. The molecule has 1 unspecified atom stereocenters. The van der Waals surface area contributed by atoms with Crippen LogP contribution in [0.5, 0.6) is 0 Å². The van der Waals surface area contributed by atoms with Gasteiger partial charge in [-0.25, -0.2) is 9.38 Å². The number of guanidine groups is 1. The lowest BCUT2D eigenvalue weighted by Gasteiger charge is -2.37. The first kappa shape index (κ1) is 26.6. The zero-order valence-electron chi connectivity index (χ0n) is 19.1. The summed E-state index contributed by atoms with van der Waals surface area (Å²) in [5.74, 6) is 0.217. The van der Waals surface area contributed by atoms with Crippen LogP contribution in [0, 0.1) is 11.3 Å². The molecule has 11 heteroatoms. The Labute approximate surface area is 188 Å². The van der Waals surface area contributed by atoms with E-state index in [4.69, 9.17) is 5.41 Å². The van der Waals surface area contributed by atoms with Crippen LogP contribution in [0.4, 0.5) is 4.39 Å². The van der Waals surface area contributed by atoms with E-state index >= 15 is 0 Å². The molecule has 176 valence electrons. The number of carboxylic acids is 1. The molecule has 1 rings (SSSR count). The van der Waals surface area contributed by atoms with Gasteiger partial charge in [-0.2, -0.15) is 0 Å². The maximum absolute atomic E-state index is 13.4. The van der Waals surface area contributed by atoms with Gasteiger partial charge in [0.25, 0.3) is 0 Å². The zero-order chi connectivity index (χ0) is 23.6. The number of rotatable bonds is 9. The number of aliphatic imine (C=N–C) groups is 1. The fourth-order valence-electron chi connectivity index (χ4n) is 3.27. The topological polar surface area (TPSA) is 107 Å². The molecule has 31 heavy (non-hydrogen) atoms. The number of hydrazine groups is 1. The molecule has 0 amide bonds. The molecule has 0 aromatic heterocycles. The number of piperidine rings is 1. The Kier molecular flexibility index (Phi) is 11.2. The number of thioether (sulfide) groups is 1. The summed E-state index contributed by atoms with van der Waals surface area (Å²) in [6.45, 7) is 10.8. The summed E-state index contributed by atoms with van der Waals surface area (Å²) in [6.07, 6.45) is 3.19. The molecule has 1 fully saturated rings. The highest BCUT2D eigenvalue weighted by Gasteiger charge is 2.28. The number of carboxylic acid groups (broad SMARTS) is 1. The molecule has 0 radical (unpaired) electrons. The number of hydrogen-bond donors (Lipinski definition) is 4. The Balaban J connectivity index is 3.07. The van der Waals surface area contributed by atoms with Crippen molar-refractivity contribution in [3.8, 4) is 0 Å². The van der Waals surface area contributed by atoms with Gasteiger partial charge in [0, 0.05) is 39.9 Å². The predicted octanol–water partition coefficient (Wildman–Crippen LogP) is 2.82. The van der Waals surface area contributed by atoms with Crippen LogP contribution in [0.25, 0.3) is 0 Å².